The zero-order valence-corrected chi connectivity index (χ0v) is 33.3. The van der Waals surface area contributed by atoms with E-state index >= 15 is 0 Å². The summed E-state index contributed by atoms with van der Waals surface area (Å²) in [7, 11) is 0. The van der Waals surface area contributed by atoms with Crippen molar-refractivity contribution in [1.82, 2.24) is 11.0 Å². The first-order valence-electron chi connectivity index (χ1n) is 16.1. The monoisotopic (exact) mass is 840 g/mol. The molecule has 0 aliphatic carbocycles. The summed E-state index contributed by atoms with van der Waals surface area (Å²) in [6.07, 6.45) is 0.677. The third-order valence-electron chi connectivity index (χ3n) is 5.26. The van der Waals surface area contributed by atoms with E-state index in [1.165, 1.54) is 0 Å². The van der Waals surface area contributed by atoms with Crippen molar-refractivity contribution in [3.05, 3.63) is 56.5 Å². The summed E-state index contributed by atoms with van der Waals surface area (Å²) in [4.78, 5) is 45.2. The van der Waals surface area contributed by atoms with Gasteiger partial charge in [0.15, 0.2) is 0 Å². The molecule has 0 saturated carbocycles. The fraction of sp³-hybridized carbons (Fsp3) is 0.438. The largest absolute Gasteiger partial charge is 0.493 e. The Bertz CT molecular complexity index is 1450. The molecule has 0 aliphatic heterocycles. The molecule has 0 bridgehead atoms. The van der Waals surface area contributed by atoms with E-state index in [-0.39, 0.29) is 48.8 Å². The predicted octanol–water partition coefficient (Wildman–Crippen LogP) is 4.58. The Morgan fingerprint density at radius 1 is 0.630 bits per heavy atom. The van der Waals surface area contributed by atoms with E-state index in [0.29, 0.717) is 70.9 Å². The third kappa shape index (κ3) is 28.1. The molecule has 0 unspecified atom stereocenters. The van der Waals surface area contributed by atoms with Crippen LogP contribution in [0.3, 0.4) is 0 Å². The molecule has 0 aliphatic rings. The first kappa shape index (κ1) is 49.5. The van der Waals surface area contributed by atoms with Crippen molar-refractivity contribution in [2.24, 2.45) is 42.9 Å². The second kappa shape index (κ2) is 29.0. The quantitative estimate of drug-likeness (QED) is 0.0469. The van der Waals surface area contributed by atoms with Crippen LogP contribution in [0.2, 0.25) is 20.1 Å². The number of hydrogen-bond acceptors (Lipinski definition) is 8. The van der Waals surface area contributed by atoms with Crippen molar-refractivity contribution in [2.75, 3.05) is 26.4 Å². The average molecular weight is 843 g/mol. The lowest BCUT2D eigenvalue weighted by Crippen LogP contribution is -2.34. The smallest absolute Gasteiger partial charge is 0.303 e. The second-order valence-corrected chi connectivity index (χ2v) is 12.5. The standard InChI is InChI=1S/2C14H21Cl2N5O2.C4H6O4/c2*1-9(2)19-13(17)20-14(18)21-23-7-3-6-22-10-4-5-11(15)12(16)8-10;5-3(6)1-2-4(7)8/h2*4-5,8-9H,3,6-7H2,1-2H3,(H5,17,18,19,20,21);1-2H2,(H,5,6)(H,7,8). The molecule has 2 aromatic carbocycles. The van der Waals surface area contributed by atoms with Crippen LogP contribution in [0.4, 0.5) is 0 Å². The van der Waals surface area contributed by atoms with Crippen LogP contribution < -0.4 is 43.4 Å². The normalized spacial score (nSPS) is 12.0. The SMILES string of the molecule is CC(C)N=C(N)N=C(N)NOCCCOc1ccc(Cl)c(Cl)c1.CC(C)N=C(N)N=C(N)NOCCCOc1ccc(Cl)c(Cl)c1.O=C(O)CCC(=O)O. The number of nitrogens with zero attached hydrogens (tertiary/aromatic N) is 4. The predicted molar refractivity (Wildman–Crippen MR) is 213 cm³/mol. The van der Waals surface area contributed by atoms with E-state index in [4.69, 9.17) is 98.7 Å². The van der Waals surface area contributed by atoms with Crippen LogP contribution in [0.5, 0.6) is 11.5 Å². The molecular formula is C32H48Cl4N10O8. The molecule has 0 radical (unpaired) electrons. The zero-order chi connectivity index (χ0) is 41.1. The van der Waals surface area contributed by atoms with Crippen molar-refractivity contribution < 1.29 is 39.0 Å². The van der Waals surface area contributed by atoms with Gasteiger partial charge in [0.2, 0.25) is 23.8 Å². The fourth-order valence-corrected chi connectivity index (χ4v) is 3.69. The molecule has 54 heavy (non-hydrogen) atoms. The van der Waals surface area contributed by atoms with Gasteiger partial charge in [0, 0.05) is 37.1 Å². The van der Waals surface area contributed by atoms with Crippen LogP contribution in [0.25, 0.3) is 0 Å². The Morgan fingerprint density at radius 3 is 1.28 bits per heavy atom. The molecule has 0 spiro atoms. The molecule has 0 atom stereocenters. The molecule has 22 heteroatoms. The van der Waals surface area contributed by atoms with Crippen LogP contribution in [-0.2, 0) is 19.3 Å². The maximum Gasteiger partial charge on any atom is 0.303 e. The van der Waals surface area contributed by atoms with Crippen molar-refractivity contribution in [3.8, 4) is 11.5 Å². The molecule has 302 valence electrons. The zero-order valence-electron chi connectivity index (χ0n) is 30.2. The number of nitrogens with two attached hydrogens (primary N) is 4. The summed E-state index contributed by atoms with van der Waals surface area (Å²) >= 11 is 23.4. The van der Waals surface area contributed by atoms with Gasteiger partial charge in [0.25, 0.3) is 0 Å². The summed E-state index contributed by atoms with van der Waals surface area (Å²) in [6, 6.07) is 10.3. The Balaban J connectivity index is 0.000000867. The lowest BCUT2D eigenvalue weighted by molar-refractivity contribution is -0.143. The van der Waals surface area contributed by atoms with E-state index in [1.54, 1.807) is 36.4 Å². The molecular weight excluding hydrogens is 794 g/mol. The number of hydrogen-bond donors (Lipinski definition) is 8. The van der Waals surface area contributed by atoms with Gasteiger partial charge in [0.05, 0.1) is 59.4 Å². The minimum Gasteiger partial charge on any atom is -0.493 e. The number of ether oxygens (including phenoxy) is 2. The van der Waals surface area contributed by atoms with Gasteiger partial charge in [-0.3, -0.25) is 19.3 Å². The molecule has 2 aromatic rings. The number of carboxylic acids is 2. The Kier molecular flexibility index (Phi) is 26.6. The molecule has 0 heterocycles. The number of hydroxylamine groups is 2. The van der Waals surface area contributed by atoms with Crippen LogP contribution in [0, 0.1) is 0 Å². The lowest BCUT2D eigenvalue weighted by Gasteiger charge is -2.08. The summed E-state index contributed by atoms with van der Waals surface area (Å²) in [5.74, 6) is -0.597. The van der Waals surface area contributed by atoms with Gasteiger partial charge in [-0.1, -0.05) is 46.4 Å². The number of rotatable bonds is 17. The molecule has 2 rings (SSSR count). The van der Waals surface area contributed by atoms with Gasteiger partial charge in [0.1, 0.15) is 11.5 Å². The van der Waals surface area contributed by atoms with Crippen molar-refractivity contribution in [2.45, 2.75) is 65.5 Å². The van der Waals surface area contributed by atoms with Gasteiger partial charge in [-0.05, 0) is 52.0 Å². The van der Waals surface area contributed by atoms with E-state index < -0.39 is 11.9 Å². The number of benzene rings is 2. The average Bonchev–Trinajstić information content (AvgIpc) is 3.06. The topological polar surface area (TPSA) is 289 Å². The summed E-state index contributed by atoms with van der Waals surface area (Å²) < 4.78 is 11.0. The van der Waals surface area contributed by atoms with Crippen LogP contribution >= 0.6 is 46.4 Å². The highest BCUT2D eigenvalue weighted by molar-refractivity contribution is 6.42. The number of nitrogens with one attached hydrogen (secondary N) is 2. The molecule has 12 N–H and O–H groups in total. The van der Waals surface area contributed by atoms with E-state index in [1.807, 2.05) is 27.7 Å². The van der Waals surface area contributed by atoms with Gasteiger partial charge in [-0.25, -0.2) is 20.9 Å². The Hall–Kier alpha value is -4.46. The molecule has 18 nitrogen and oxygen atoms in total. The Morgan fingerprint density at radius 2 is 0.981 bits per heavy atom. The lowest BCUT2D eigenvalue weighted by atomic mass is 10.3. The number of carbonyl (C=O) groups is 2. The van der Waals surface area contributed by atoms with Crippen molar-refractivity contribution in [3.63, 3.8) is 0 Å². The minimum absolute atomic E-state index is 0.0392. The summed E-state index contributed by atoms with van der Waals surface area (Å²) in [5.41, 5.74) is 27.2. The summed E-state index contributed by atoms with van der Waals surface area (Å²) in [5, 5.41) is 17.7. The third-order valence-corrected chi connectivity index (χ3v) is 6.74. The highest BCUT2D eigenvalue weighted by Gasteiger charge is 2.03. The minimum atomic E-state index is -1.08. The van der Waals surface area contributed by atoms with E-state index in [2.05, 4.69) is 30.9 Å². The fourth-order valence-electron chi connectivity index (χ4n) is 3.12. The van der Waals surface area contributed by atoms with Gasteiger partial charge >= 0.3 is 11.9 Å². The van der Waals surface area contributed by atoms with Gasteiger partial charge in [-0.15, -0.1) is 0 Å². The highest BCUT2D eigenvalue weighted by atomic mass is 35.5. The van der Waals surface area contributed by atoms with Crippen LogP contribution in [-0.4, -0.2) is 84.5 Å². The maximum atomic E-state index is 9.64. The number of aliphatic carboxylic acids is 2. The van der Waals surface area contributed by atoms with Crippen molar-refractivity contribution >= 4 is 82.2 Å². The number of aliphatic imine (C=N–C) groups is 4. The van der Waals surface area contributed by atoms with Crippen molar-refractivity contribution in [1.29, 1.82) is 0 Å². The number of carboxylic acid groups (broad SMARTS) is 2. The van der Waals surface area contributed by atoms with E-state index in [9.17, 15) is 9.59 Å². The highest BCUT2D eigenvalue weighted by Crippen LogP contribution is 2.27. The molecule has 0 saturated heterocycles. The van der Waals surface area contributed by atoms with Gasteiger partial charge in [-0.2, -0.15) is 9.98 Å². The molecule has 0 fully saturated rings. The van der Waals surface area contributed by atoms with Gasteiger partial charge < -0.3 is 42.6 Å². The van der Waals surface area contributed by atoms with E-state index in [0.717, 1.165) is 0 Å². The second-order valence-electron chi connectivity index (χ2n) is 10.9. The number of halogens is 4. The van der Waals surface area contributed by atoms with Crippen LogP contribution in [0.15, 0.2) is 56.4 Å². The molecule has 0 amide bonds. The molecule has 0 aromatic heterocycles. The first-order chi connectivity index (χ1) is 25.4. The maximum absolute atomic E-state index is 9.64. The summed E-state index contributed by atoms with van der Waals surface area (Å²) in [6.45, 7) is 9.19. The van der Waals surface area contributed by atoms with Crippen LogP contribution in [0.1, 0.15) is 53.4 Å². The number of guanidine groups is 4. The first-order valence-corrected chi connectivity index (χ1v) is 17.6. The Labute approximate surface area is 333 Å².